The Morgan fingerprint density at radius 2 is 2.10 bits per heavy atom. The van der Waals surface area contributed by atoms with Crippen LogP contribution in [0.25, 0.3) is 0 Å². The van der Waals surface area contributed by atoms with Crippen molar-refractivity contribution < 1.29 is 9.66 Å². The molecule has 0 radical (unpaired) electrons. The van der Waals surface area contributed by atoms with Gasteiger partial charge in [-0.2, -0.15) is 4.98 Å². The number of likely N-dealkylation sites (tertiary alicyclic amines) is 1. The van der Waals surface area contributed by atoms with Crippen molar-refractivity contribution in [2.75, 3.05) is 31.7 Å². The van der Waals surface area contributed by atoms with Crippen molar-refractivity contribution in [3.63, 3.8) is 0 Å². The number of nitrogen functional groups attached to an aromatic ring is 1. The van der Waals surface area contributed by atoms with Crippen molar-refractivity contribution in [2.24, 2.45) is 5.84 Å². The molecule has 0 saturated carbocycles. The minimum absolute atomic E-state index is 0.0440. The molecule has 0 aliphatic carbocycles. The molecule has 0 aromatic carbocycles. The number of aromatic nitrogens is 2. The fraction of sp³-hybridized carbons (Fsp3) is 0.667. The molecule has 0 amide bonds. The molecule has 1 aliphatic heterocycles. The lowest BCUT2D eigenvalue weighted by molar-refractivity contribution is -0.387. The third-order valence-corrected chi connectivity index (χ3v) is 3.43. The van der Waals surface area contributed by atoms with E-state index in [0.29, 0.717) is 6.61 Å². The van der Waals surface area contributed by atoms with Crippen LogP contribution >= 0.6 is 0 Å². The van der Waals surface area contributed by atoms with Crippen LogP contribution in [0.1, 0.15) is 25.0 Å². The lowest BCUT2D eigenvalue weighted by atomic mass is 10.1. The monoisotopic (exact) mass is 296 g/mol. The van der Waals surface area contributed by atoms with Gasteiger partial charge in [0.1, 0.15) is 12.3 Å². The predicted molar refractivity (Wildman–Crippen MR) is 77.0 cm³/mol. The van der Waals surface area contributed by atoms with Crippen LogP contribution in [-0.4, -0.2) is 46.0 Å². The molecular weight excluding hydrogens is 276 g/mol. The summed E-state index contributed by atoms with van der Waals surface area (Å²) in [5.74, 6) is 5.31. The minimum Gasteiger partial charge on any atom is -0.471 e. The molecule has 2 heterocycles. The summed E-state index contributed by atoms with van der Waals surface area (Å²) >= 11 is 0. The number of rotatable bonds is 6. The van der Waals surface area contributed by atoms with Crippen LogP contribution in [0.4, 0.5) is 11.6 Å². The van der Waals surface area contributed by atoms with Gasteiger partial charge in [-0.15, -0.1) is 0 Å². The number of hydrogen-bond acceptors (Lipinski definition) is 8. The van der Waals surface area contributed by atoms with E-state index in [9.17, 15) is 10.1 Å². The number of anilines is 1. The van der Waals surface area contributed by atoms with Crippen LogP contribution in [0.3, 0.4) is 0 Å². The van der Waals surface area contributed by atoms with Gasteiger partial charge in [0.25, 0.3) is 5.88 Å². The first-order valence-corrected chi connectivity index (χ1v) is 6.96. The topological polar surface area (TPSA) is 119 Å². The largest absolute Gasteiger partial charge is 0.471 e. The zero-order chi connectivity index (χ0) is 15.2. The summed E-state index contributed by atoms with van der Waals surface area (Å²) in [6, 6.07) is 0. The quantitative estimate of drug-likeness (QED) is 0.450. The van der Waals surface area contributed by atoms with Crippen molar-refractivity contribution in [1.82, 2.24) is 14.9 Å². The first-order chi connectivity index (χ1) is 10.1. The smallest absolute Gasteiger partial charge is 0.352 e. The third kappa shape index (κ3) is 3.99. The first-order valence-electron chi connectivity index (χ1n) is 6.96. The van der Waals surface area contributed by atoms with Gasteiger partial charge in [0.15, 0.2) is 0 Å². The summed E-state index contributed by atoms with van der Waals surface area (Å²) in [5, 5.41) is 11.1. The van der Waals surface area contributed by atoms with Gasteiger partial charge in [0.05, 0.1) is 4.92 Å². The lowest BCUT2D eigenvalue weighted by Gasteiger charge is -2.26. The molecule has 0 unspecified atom stereocenters. The zero-order valence-corrected chi connectivity index (χ0v) is 12.0. The van der Waals surface area contributed by atoms with E-state index in [2.05, 4.69) is 20.3 Å². The summed E-state index contributed by atoms with van der Waals surface area (Å²) in [4.78, 5) is 20.7. The molecule has 1 aromatic rings. The molecule has 2 rings (SSSR count). The van der Waals surface area contributed by atoms with Gasteiger partial charge in [0.2, 0.25) is 5.95 Å². The normalized spacial score (nSPS) is 15.7. The predicted octanol–water partition coefficient (Wildman–Crippen LogP) is 0.844. The second-order valence-electron chi connectivity index (χ2n) is 4.94. The first kappa shape index (κ1) is 15.4. The van der Waals surface area contributed by atoms with Crippen LogP contribution in [0.15, 0.2) is 0 Å². The summed E-state index contributed by atoms with van der Waals surface area (Å²) in [5.41, 5.74) is 2.28. The SMILES string of the molecule is Cc1nc(NN)nc(OCCN2CCCCC2)c1[N+](=O)[O-]. The lowest BCUT2D eigenvalue weighted by Crippen LogP contribution is -2.33. The Kier molecular flexibility index (Phi) is 5.23. The molecule has 1 aliphatic rings. The maximum absolute atomic E-state index is 11.1. The van der Waals surface area contributed by atoms with E-state index in [-0.39, 0.29) is 23.2 Å². The Bertz CT molecular complexity index is 504. The number of nitrogens with one attached hydrogen (secondary N) is 1. The number of nitrogens with two attached hydrogens (primary N) is 1. The minimum atomic E-state index is -0.536. The second kappa shape index (κ2) is 7.14. The van der Waals surface area contributed by atoms with E-state index in [1.807, 2.05) is 0 Å². The fourth-order valence-corrected chi connectivity index (χ4v) is 2.37. The highest BCUT2D eigenvalue weighted by molar-refractivity contribution is 5.48. The molecular formula is C12H20N6O3. The van der Waals surface area contributed by atoms with Crippen LogP contribution in [-0.2, 0) is 0 Å². The second-order valence-corrected chi connectivity index (χ2v) is 4.94. The molecule has 21 heavy (non-hydrogen) atoms. The average Bonchev–Trinajstić information content (AvgIpc) is 2.47. The van der Waals surface area contributed by atoms with Gasteiger partial charge in [-0.25, -0.2) is 10.8 Å². The Balaban J connectivity index is 2.03. The van der Waals surface area contributed by atoms with E-state index in [0.717, 1.165) is 19.6 Å². The van der Waals surface area contributed by atoms with Gasteiger partial charge < -0.3 is 4.74 Å². The highest BCUT2D eigenvalue weighted by Crippen LogP contribution is 2.28. The summed E-state index contributed by atoms with van der Waals surface area (Å²) in [7, 11) is 0. The van der Waals surface area contributed by atoms with Gasteiger partial charge in [0, 0.05) is 6.54 Å². The van der Waals surface area contributed by atoms with Crippen molar-refractivity contribution in [1.29, 1.82) is 0 Å². The Labute approximate surface area is 122 Å². The van der Waals surface area contributed by atoms with Gasteiger partial charge in [-0.1, -0.05) is 6.42 Å². The van der Waals surface area contributed by atoms with E-state index in [4.69, 9.17) is 10.6 Å². The zero-order valence-electron chi connectivity index (χ0n) is 12.0. The Morgan fingerprint density at radius 1 is 1.38 bits per heavy atom. The van der Waals surface area contributed by atoms with Crippen LogP contribution in [0.2, 0.25) is 0 Å². The number of hydrogen-bond donors (Lipinski definition) is 2. The molecule has 9 heteroatoms. The fourth-order valence-electron chi connectivity index (χ4n) is 2.37. The number of nitro groups is 1. The number of hydrazine groups is 1. The van der Waals surface area contributed by atoms with Crippen molar-refractivity contribution in [2.45, 2.75) is 26.2 Å². The van der Waals surface area contributed by atoms with Gasteiger partial charge in [-0.05, 0) is 32.9 Å². The van der Waals surface area contributed by atoms with E-state index in [1.54, 1.807) is 0 Å². The summed E-state index contributed by atoms with van der Waals surface area (Å²) < 4.78 is 5.49. The standard InChI is InChI=1S/C12H20N6O3/c1-9-10(18(19)20)11(15-12(14-9)16-13)21-8-7-17-5-3-2-4-6-17/h2-8,13H2,1H3,(H,14,15,16). The molecule has 1 aromatic heterocycles. The molecule has 9 nitrogen and oxygen atoms in total. The molecule has 0 atom stereocenters. The van der Waals surface area contributed by atoms with Crippen molar-refractivity contribution >= 4 is 11.6 Å². The number of aryl methyl sites for hydroxylation is 1. The van der Waals surface area contributed by atoms with E-state index in [1.165, 1.54) is 26.2 Å². The molecule has 116 valence electrons. The number of nitrogens with zero attached hydrogens (tertiary/aromatic N) is 4. The van der Waals surface area contributed by atoms with E-state index >= 15 is 0 Å². The van der Waals surface area contributed by atoms with Gasteiger partial charge >= 0.3 is 5.69 Å². The Hall–Kier alpha value is -2.00. The third-order valence-electron chi connectivity index (χ3n) is 3.43. The van der Waals surface area contributed by atoms with Crippen molar-refractivity contribution in [3.05, 3.63) is 15.8 Å². The van der Waals surface area contributed by atoms with E-state index < -0.39 is 4.92 Å². The highest BCUT2D eigenvalue weighted by Gasteiger charge is 2.23. The van der Waals surface area contributed by atoms with Crippen LogP contribution < -0.4 is 16.0 Å². The van der Waals surface area contributed by atoms with Crippen LogP contribution in [0, 0.1) is 17.0 Å². The molecule has 0 bridgehead atoms. The molecule has 3 N–H and O–H groups in total. The molecule has 1 fully saturated rings. The van der Waals surface area contributed by atoms with Crippen LogP contribution in [0.5, 0.6) is 5.88 Å². The summed E-state index contributed by atoms with van der Waals surface area (Å²) in [6.07, 6.45) is 3.64. The number of piperidine rings is 1. The van der Waals surface area contributed by atoms with Gasteiger partial charge in [-0.3, -0.25) is 20.4 Å². The summed E-state index contributed by atoms with van der Waals surface area (Å²) in [6.45, 7) is 4.69. The number of ether oxygens (including phenoxy) is 1. The molecule has 0 spiro atoms. The Morgan fingerprint density at radius 3 is 2.71 bits per heavy atom. The highest BCUT2D eigenvalue weighted by atomic mass is 16.6. The maximum atomic E-state index is 11.1. The maximum Gasteiger partial charge on any atom is 0.352 e. The van der Waals surface area contributed by atoms with Crippen molar-refractivity contribution in [3.8, 4) is 5.88 Å². The molecule has 1 saturated heterocycles. The average molecular weight is 296 g/mol.